The molecule has 2 heterocycles. The number of hydrogen-bond donors (Lipinski definition) is 2. The third kappa shape index (κ3) is 4.97. The van der Waals surface area contributed by atoms with Crippen molar-refractivity contribution in [3.63, 3.8) is 0 Å². The monoisotopic (exact) mass is 522 g/mol. The molecule has 0 bridgehead atoms. The molecule has 3 atom stereocenters. The SMILES string of the molecule is COC(OC)[C@@]1(C)Oc2ccc([N+](=O)[O-])cc2[C@@H](N(Cc2ncc[nH]2)c2ccc(C(F)(F)F)cc2)[C@@H]1O. The molecular weight excluding hydrogens is 497 g/mol. The topological polar surface area (TPSA) is 123 Å². The molecule has 4 rings (SSSR count). The van der Waals surface area contributed by atoms with Crippen LogP contribution >= 0.6 is 0 Å². The minimum atomic E-state index is -4.54. The Morgan fingerprint density at radius 2 is 1.92 bits per heavy atom. The van der Waals surface area contributed by atoms with Crippen LogP contribution in [0.2, 0.25) is 0 Å². The largest absolute Gasteiger partial charge is 0.479 e. The van der Waals surface area contributed by atoms with Crippen LogP contribution in [0, 0.1) is 10.1 Å². The molecule has 1 aromatic heterocycles. The number of hydrogen-bond acceptors (Lipinski definition) is 8. The maximum absolute atomic E-state index is 13.3. The van der Waals surface area contributed by atoms with E-state index in [1.54, 1.807) is 18.0 Å². The molecule has 198 valence electrons. The van der Waals surface area contributed by atoms with Crippen LogP contribution in [0.3, 0.4) is 0 Å². The quantitative estimate of drug-likeness (QED) is 0.256. The van der Waals surface area contributed by atoms with Crippen molar-refractivity contribution in [2.75, 3.05) is 19.1 Å². The molecule has 13 heteroatoms. The highest BCUT2D eigenvalue weighted by Gasteiger charge is 2.54. The molecule has 0 saturated carbocycles. The predicted octanol–water partition coefficient (Wildman–Crippen LogP) is 4.22. The number of non-ortho nitro benzene ring substituents is 1. The van der Waals surface area contributed by atoms with Crippen molar-refractivity contribution in [1.82, 2.24) is 9.97 Å². The van der Waals surface area contributed by atoms with Gasteiger partial charge < -0.3 is 29.2 Å². The van der Waals surface area contributed by atoms with Crippen LogP contribution in [0.1, 0.15) is 29.9 Å². The number of nitro groups is 1. The number of rotatable bonds is 8. The molecule has 0 fully saturated rings. The molecule has 0 radical (unpaired) electrons. The van der Waals surface area contributed by atoms with E-state index in [1.807, 2.05) is 0 Å². The van der Waals surface area contributed by atoms with Crippen LogP contribution in [-0.4, -0.2) is 52.2 Å². The Morgan fingerprint density at radius 3 is 2.46 bits per heavy atom. The first kappa shape index (κ1) is 26.4. The summed E-state index contributed by atoms with van der Waals surface area (Å²) in [6.45, 7) is 1.58. The van der Waals surface area contributed by atoms with E-state index in [9.17, 15) is 28.4 Å². The zero-order valence-electron chi connectivity index (χ0n) is 20.1. The van der Waals surface area contributed by atoms with Crippen molar-refractivity contribution in [1.29, 1.82) is 0 Å². The van der Waals surface area contributed by atoms with E-state index in [0.717, 1.165) is 12.1 Å². The lowest BCUT2D eigenvalue weighted by atomic mass is 9.83. The van der Waals surface area contributed by atoms with E-state index < -0.39 is 40.7 Å². The van der Waals surface area contributed by atoms with Gasteiger partial charge in [-0.25, -0.2) is 4.98 Å². The first-order valence-corrected chi connectivity index (χ1v) is 11.1. The summed E-state index contributed by atoms with van der Waals surface area (Å²) in [6, 6.07) is 7.30. The molecule has 37 heavy (non-hydrogen) atoms. The van der Waals surface area contributed by atoms with Gasteiger partial charge in [0.25, 0.3) is 5.69 Å². The number of halogens is 3. The normalized spacial score (nSPS) is 21.4. The smallest absolute Gasteiger partial charge is 0.416 e. The fourth-order valence-corrected chi connectivity index (χ4v) is 4.58. The summed E-state index contributed by atoms with van der Waals surface area (Å²) in [5.41, 5.74) is -2.03. The minimum Gasteiger partial charge on any atom is -0.479 e. The summed E-state index contributed by atoms with van der Waals surface area (Å²) < 4.78 is 56.7. The fraction of sp³-hybridized carbons (Fsp3) is 0.375. The number of aliphatic hydroxyl groups excluding tert-OH is 1. The molecule has 0 saturated heterocycles. The van der Waals surface area contributed by atoms with Crippen LogP contribution < -0.4 is 9.64 Å². The highest BCUT2D eigenvalue weighted by molar-refractivity contribution is 5.56. The van der Waals surface area contributed by atoms with Gasteiger partial charge in [-0.2, -0.15) is 13.2 Å². The average Bonchev–Trinajstić information content (AvgIpc) is 3.37. The van der Waals surface area contributed by atoms with E-state index in [-0.39, 0.29) is 23.5 Å². The Bertz CT molecular complexity index is 1230. The van der Waals surface area contributed by atoms with Crippen molar-refractivity contribution in [3.8, 4) is 5.75 Å². The number of H-pyrrole nitrogens is 1. The van der Waals surface area contributed by atoms with Gasteiger partial charge in [-0.1, -0.05) is 0 Å². The zero-order chi connectivity index (χ0) is 27.0. The summed E-state index contributed by atoms with van der Waals surface area (Å²) in [7, 11) is 2.73. The summed E-state index contributed by atoms with van der Waals surface area (Å²) >= 11 is 0. The van der Waals surface area contributed by atoms with Gasteiger partial charge in [0.15, 0.2) is 11.9 Å². The number of aliphatic hydroxyl groups is 1. The Kier molecular flexibility index (Phi) is 7.13. The highest BCUT2D eigenvalue weighted by atomic mass is 19.4. The van der Waals surface area contributed by atoms with Gasteiger partial charge in [0.2, 0.25) is 0 Å². The van der Waals surface area contributed by atoms with Crippen LogP contribution in [-0.2, 0) is 22.2 Å². The van der Waals surface area contributed by atoms with Crippen molar-refractivity contribution < 1.29 is 37.4 Å². The zero-order valence-corrected chi connectivity index (χ0v) is 20.1. The molecule has 0 amide bonds. The number of alkyl halides is 3. The third-order valence-corrected chi connectivity index (χ3v) is 6.37. The Hall–Kier alpha value is -3.68. The highest BCUT2D eigenvalue weighted by Crippen LogP contribution is 2.47. The van der Waals surface area contributed by atoms with E-state index in [2.05, 4.69) is 9.97 Å². The second-order valence-corrected chi connectivity index (χ2v) is 8.67. The van der Waals surface area contributed by atoms with Crippen molar-refractivity contribution in [2.45, 2.75) is 43.7 Å². The Labute approximate surface area is 209 Å². The fourth-order valence-electron chi connectivity index (χ4n) is 4.58. The number of benzene rings is 2. The minimum absolute atomic E-state index is 0.0168. The Balaban J connectivity index is 1.91. The first-order chi connectivity index (χ1) is 17.5. The van der Waals surface area contributed by atoms with E-state index in [4.69, 9.17) is 14.2 Å². The van der Waals surface area contributed by atoms with Gasteiger partial charge >= 0.3 is 6.18 Å². The lowest BCUT2D eigenvalue weighted by molar-refractivity contribution is -0.385. The van der Waals surface area contributed by atoms with Crippen molar-refractivity contribution >= 4 is 11.4 Å². The van der Waals surface area contributed by atoms with Gasteiger partial charge in [-0.3, -0.25) is 10.1 Å². The summed E-state index contributed by atoms with van der Waals surface area (Å²) in [5.74, 6) is 0.668. The number of nitro benzene ring substituents is 1. The number of ether oxygens (including phenoxy) is 3. The number of fused-ring (bicyclic) bond motifs is 1. The molecule has 10 nitrogen and oxygen atoms in total. The lowest BCUT2D eigenvalue weighted by Crippen LogP contribution is -2.62. The summed E-state index contributed by atoms with van der Waals surface area (Å²) in [5, 5.41) is 23.3. The first-order valence-electron chi connectivity index (χ1n) is 11.1. The second kappa shape index (κ2) is 10.00. The molecule has 1 aliphatic rings. The molecule has 2 N–H and O–H groups in total. The van der Waals surface area contributed by atoms with Gasteiger partial charge in [0, 0.05) is 50.0 Å². The number of aromatic nitrogens is 2. The van der Waals surface area contributed by atoms with E-state index in [0.29, 0.717) is 11.5 Å². The van der Waals surface area contributed by atoms with Crippen LogP contribution in [0.15, 0.2) is 54.9 Å². The maximum Gasteiger partial charge on any atom is 0.416 e. The standard InChI is InChI=1S/C24H25F3N4O6/c1-23(22(35-2)36-3)21(32)20(17-12-16(31(33)34)8-9-18(17)37-23)30(13-19-28-10-11-29-19)15-6-4-14(5-7-15)24(25,26)27/h4-12,20-22,32H,13H2,1-3H3,(H,28,29)/t20-,21+,23+/m1/s1. The summed E-state index contributed by atoms with van der Waals surface area (Å²) in [6.07, 6.45) is -3.95. The number of imidazole rings is 1. The number of anilines is 1. The predicted molar refractivity (Wildman–Crippen MR) is 125 cm³/mol. The van der Waals surface area contributed by atoms with E-state index in [1.165, 1.54) is 50.7 Å². The van der Waals surface area contributed by atoms with Crippen LogP contribution in [0.4, 0.5) is 24.5 Å². The molecular formula is C24H25F3N4O6. The molecule has 2 aromatic carbocycles. The molecule has 0 spiro atoms. The molecule has 0 unspecified atom stereocenters. The van der Waals surface area contributed by atoms with Gasteiger partial charge in [-0.15, -0.1) is 0 Å². The van der Waals surface area contributed by atoms with Crippen LogP contribution in [0.25, 0.3) is 0 Å². The van der Waals surface area contributed by atoms with Crippen molar-refractivity contribution in [3.05, 3.63) is 81.9 Å². The van der Waals surface area contributed by atoms with E-state index >= 15 is 0 Å². The molecule has 1 aliphatic heterocycles. The number of aromatic amines is 1. The second-order valence-electron chi connectivity index (χ2n) is 8.67. The summed E-state index contributed by atoms with van der Waals surface area (Å²) in [4.78, 5) is 19.7. The van der Waals surface area contributed by atoms with Crippen LogP contribution in [0.5, 0.6) is 5.75 Å². The maximum atomic E-state index is 13.3. The number of nitrogens with one attached hydrogen (secondary N) is 1. The van der Waals surface area contributed by atoms with Gasteiger partial charge in [0.1, 0.15) is 17.7 Å². The van der Waals surface area contributed by atoms with Gasteiger partial charge in [0.05, 0.1) is 23.1 Å². The van der Waals surface area contributed by atoms with Crippen molar-refractivity contribution in [2.24, 2.45) is 0 Å². The molecule has 0 aliphatic carbocycles. The number of nitrogens with zero attached hydrogens (tertiary/aromatic N) is 3. The Morgan fingerprint density at radius 1 is 1.24 bits per heavy atom. The number of methoxy groups -OCH3 is 2. The molecule has 3 aromatic rings. The lowest BCUT2D eigenvalue weighted by Gasteiger charge is -2.49. The van der Waals surface area contributed by atoms with Gasteiger partial charge in [-0.05, 0) is 37.3 Å². The third-order valence-electron chi connectivity index (χ3n) is 6.37. The average molecular weight is 522 g/mol.